The summed E-state index contributed by atoms with van der Waals surface area (Å²) in [6.07, 6.45) is 0. The number of amides is 3. The lowest BCUT2D eigenvalue weighted by Crippen LogP contribution is -2.44. The number of rotatable bonds is 6. The number of anilines is 1. The molecule has 0 aliphatic rings. The molecule has 0 bridgehead atoms. The van der Waals surface area contributed by atoms with E-state index in [0.29, 0.717) is 11.4 Å². The average molecular weight is 331 g/mol. The third-order valence-electron chi connectivity index (χ3n) is 3.17. The monoisotopic (exact) mass is 331 g/mol. The number of carbonyl (C=O) groups excluding carboxylic acids is 2. The molecule has 0 spiro atoms. The Morgan fingerprint density at radius 1 is 1.21 bits per heavy atom. The Bertz CT molecular complexity index is 719. The highest BCUT2D eigenvalue weighted by atomic mass is 19.1. The first-order valence-corrected chi connectivity index (χ1v) is 7.28. The second-order valence-electron chi connectivity index (χ2n) is 5.16. The number of benzene rings is 2. The van der Waals surface area contributed by atoms with Crippen LogP contribution in [0.15, 0.2) is 48.5 Å². The van der Waals surface area contributed by atoms with Gasteiger partial charge in [0.25, 0.3) is 0 Å². The molecule has 3 amide bonds. The van der Waals surface area contributed by atoms with Crippen LogP contribution in [0.4, 0.5) is 14.9 Å². The van der Waals surface area contributed by atoms with E-state index in [9.17, 15) is 14.0 Å². The molecule has 0 aliphatic heterocycles. The van der Waals surface area contributed by atoms with Crippen molar-refractivity contribution in [2.75, 3.05) is 5.32 Å². The maximum atomic E-state index is 12.9. The minimum atomic E-state index is -0.769. The van der Waals surface area contributed by atoms with Gasteiger partial charge in [-0.15, -0.1) is 0 Å². The first-order chi connectivity index (χ1) is 11.4. The van der Waals surface area contributed by atoms with E-state index in [0.717, 1.165) is 5.56 Å². The minimum Gasteiger partial charge on any atom is -0.489 e. The van der Waals surface area contributed by atoms with Crippen LogP contribution in [-0.2, 0) is 11.4 Å². The second kappa shape index (κ2) is 7.96. The van der Waals surface area contributed by atoms with Gasteiger partial charge in [-0.05, 0) is 36.8 Å². The zero-order valence-corrected chi connectivity index (χ0v) is 13.1. The Balaban J connectivity index is 1.94. The molecule has 1 atom stereocenters. The molecule has 0 saturated carbocycles. The summed E-state index contributed by atoms with van der Waals surface area (Å²) in [7, 11) is 0. The third kappa shape index (κ3) is 5.28. The molecule has 7 heteroatoms. The number of nitrogens with two attached hydrogens (primary N) is 1. The highest BCUT2D eigenvalue weighted by Crippen LogP contribution is 2.19. The van der Waals surface area contributed by atoms with Crippen LogP contribution in [0.25, 0.3) is 0 Å². The van der Waals surface area contributed by atoms with E-state index in [4.69, 9.17) is 10.5 Å². The molecule has 0 radical (unpaired) electrons. The minimum absolute atomic E-state index is 0.275. The number of carbonyl (C=O) groups is 2. The maximum absolute atomic E-state index is 12.9. The number of urea groups is 1. The highest BCUT2D eigenvalue weighted by Gasteiger charge is 2.14. The number of primary amides is 1. The van der Waals surface area contributed by atoms with E-state index >= 15 is 0 Å². The third-order valence-corrected chi connectivity index (χ3v) is 3.17. The van der Waals surface area contributed by atoms with Crippen molar-refractivity contribution >= 4 is 17.6 Å². The summed E-state index contributed by atoms with van der Waals surface area (Å²) in [5, 5.41) is 4.95. The zero-order valence-electron chi connectivity index (χ0n) is 13.1. The first-order valence-electron chi connectivity index (χ1n) is 7.28. The number of halogens is 1. The lowest BCUT2D eigenvalue weighted by atomic mass is 10.2. The molecule has 2 rings (SSSR count). The van der Waals surface area contributed by atoms with Crippen LogP contribution < -0.4 is 21.1 Å². The topological polar surface area (TPSA) is 93.5 Å². The Hall–Kier alpha value is -3.09. The Morgan fingerprint density at radius 2 is 1.92 bits per heavy atom. The van der Waals surface area contributed by atoms with Gasteiger partial charge >= 0.3 is 6.03 Å². The SMILES string of the molecule is CC(NC(N)=O)C(=O)Nc1cccc(OCc2ccc(F)cc2)c1. The highest BCUT2D eigenvalue weighted by molar-refractivity contribution is 5.96. The van der Waals surface area contributed by atoms with Crippen molar-refractivity contribution in [1.29, 1.82) is 0 Å². The normalized spacial score (nSPS) is 11.4. The Labute approximate surface area is 138 Å². The molecule has 0 aromatic heterocycles. The molecule has 6 nitrogen and oxygen atoms in total. The predicted octanol–water partition coefficient (Wildman–Crippen LogP) is 2.40. The lowest BCUT2D eigenvalue weighted by Gasteiger charge is -2.13. The van der Waals surface area contributed by atoms with Gasteiger partial charge in [0.2, 0.25) is 5.91 Å². The van der Waals surface area contributed by atoms with Gasteiger partial charge in [-0.3, -0.25) is 4.79 Å². The van der Waals surface area contributed by atoms with Gasteiger partial charge in [-0.1, -0.05) is 18.2 Å². The average Bonchev–Trinajstić information content (AvgIpc) is 2.54. The molecule has 2 aromatic rings. The summed E-state index contributed by atoms with van der Waals surface area (Å²) < 4.78 is 18.5. The van der Waals surface area contributed by atoms with Crippen molar-refractivity contribution in [2.45, 2.75) is 19.6 Å². The van der Waals surface area contributed by atoms with Crippen LogP contribution >= 0.6 is 0 Å². The second-order valence-corrected chi connectivity index (χ2v) is 5.16. The maximum Gasteiger partial charge on any atom is 0.312 e. The standard InChI is InChI=1S/C17H18FN3O3/c1-11(20-17(19)23)16(22)21-14-3-2-4-15(9-14)24-10-12-5-7-13(18)8-6-12/h2-9,11H,10H2,1H3,(H,21,22)(H3,19,20,23). The van der Waals surface area contributed by atoms with Crippen LogP contribution in [0.1, 0.15) is 12.5 Å². The largest absolute Gasteiger partial charge is 0.489 e. The van der Waals surface area contributed by atoms with Crippen LogP contribution in [0, 0.1) is 5.82 Å². The molecular formula is C17H18FN3O3. The van der Waals surface area contributed by atoms with Gasteiger partial charge in [0.05, 0.1) is 0 Å². The fourth-order valence-electron chi connectivity index (χ4n) is 1.94. The summed E-state index contributed by atoms with van der Waals surface area (Å²) in [4.78, 5) is 22.7. The predicted molar refractivity (Wildman–Crippen MR) is 88.0 cm³/mol. The number of hydrogen-bond donors (Lipinski definition) is 3. The summed E-state index contributed by atoms with van der Waals surface area (Å²) in [5.41, 5.74) is 6.33. The fourth-order valence-corrected chi connectivity index (χ4v) is 1.94. The van der Waals surface area contributed by atoms with Crippen LogP contribution in [0.5, 0.6) is 5.75 Å². The van der Waals surface area contributed by atoms with Crippen molar-refractivity contribution < 1.29 is 18.7 Å². The first kappa shape index (κ1) is 17.3. The molecule has 0 heterocycles. The van der Waals surface area contributed by atoms with Gasteiger partial charge in [0.15, 0.2) is 0 Å². The number of hydrogen-bond acceptors (Lipinski definition) is 3. The molecular weight excluding hydrogens is 313 g/mol. The Morgan fingerprint density at radius 3 is 2.58 bits per heavy atom. The quantitative estimate of drug-likeness (QED) is 0.759. The molecule has 24 heavy (non-hydrogen) atoms. The van der Waals surface area contributed by atoms with Crippen molar-refractivity contribution in [3.05, 3.63) is 59.9 Å². The zero-order chi connectivity index (χ0) is 17.5. The summed E-state index contributed by atoms with van der Waals surface area (Å²) in [6.45, 7) is 1.80. The Kier molecular flexibility index (Phi) is 5.73. The van der Waals surface area contributed by atoms with Crippen molar-refractivity contribution in [3.8, 4) is 5.75 Å². The van der Waals surface area contributed by atoms with Crippen LogP contribution in [-0.4, -0.2) is 18.0 Å². The molecule has 126 valence electrons. The molecule has 0 aliphatic carbocycles. The van der Waals surface area contributed by atoms with Gasteiger partial charge in [0.1, 0.15) is 24.2 Å². The van der Waals surface area contributed by atoms with E-state index in [-0.39, 0.29) is 12.4 Å². The van der Waals surface area contributed by atoms with Gasteiger partial charge in [0, 0.05) is 11.8 Å². The van der Waals surface area contributed by atoms with Crippen molar-refractivity contribution in [1.82, 2.24) is 5.32 Å². The molecule has 4 N–H and O–H groups in total. The molecule has 1 unspecified atom stereocenters. The van der Waals surface area contributed by atoms with E-state index in [1.54, 1.807) is 36.4 Å². The van der Waals surface area contributed by atoms with E-state index in [1.807, 2.05) is 0 Å². The van der Waals surface area contributed by atoms with Gasteiger partial charge < -0.3 is 21.1 Å². The van der Waals surface area contributed by atoms with Crippen LogP contribution in [0.2, 0.25) is 0 Å². The number of nitrogens with one attached hydrogen (secondary N) is 2. The van der Waals surface area contributed by atoms with Crippen LogP contribution in [0.3, 0.4) is 0 Å². The van der Waals surface area contributed by atoms with E-state index in [2.05, 4.69) is 10.6 Å². The molecule has 2 aromatic carbocycles. The molecule has 0 fully saturated rings. The fraction of sp³-hybridized carbons (Fsp3) is 0.176. The van der Waals surface area contributed by atoms with Gasteiger partial charge in [-0.25, -0.2) is 9.18 Å². The summed E-state index contributed by atoms with van der Waals surface area (Å²) in [6, 6.07) is 11.3. The van der Waals surface area contributed by atoms with E-state index < -0.39 is 18.0 Å². The van der Waals surface area contributed by atoms with Crippen molar-refractivity contribution in [3.63, 3.8) is 0 Å². The van der Waals surface area contributed by atoms with Crippen molar-refractivity contribution in [2.24, 2.45) is 5.73 Å². The summed E-state index contributed by atoms with van der Waals surface area (Å²) in [5.74, 6) is -0.153. The summed E-state index contributed by atoms with van der Waals surface area (Å²) >= 11 is 0. The van der Waals surface area contributed by atoms with E-state index in [1.165, 1.54) is 19.1 Å². The number of ether oxygens (including phenoxy) is 1. The smallest absolute Gasteiger partial charge is 0.312 e. The lowest BCUT2D eigenvalue weighted by molar-refractivity contribution is -0.117. The molecule has 0 saturated heterocycles. The van der Waals surface area contributed by atoms with Gasteiger partial charge in [-0.2, -0.15) is 0 Å².